The number of nitrogens with one attached hydrogen (secondary N) is 2. The molecule has 2 aromatic rings. The Hall–Kier alpha value is -2.38. The van der Waals surface area contributed by atoms with Gasteiger partial charge < -0.3 is 21.2 Å². The molecule has 0 fully saturated rings. The van der Waals surface area contributed by atoms with Gasteiger partial charge in [-0.2, -0.15) is 9.97 Å². The number of hydrogen-bond donors (Lipinski definition) is 4. The first-order valence-electron chi connectivity index (χ1n) is 5.82. The van der Waals surface area contributed by atoms with Crippen LogP contribution in [0, 0.1) is 0 Å². The van der Waals surface area contributed by atoms with Crippen molar-refractivity contribution in [1.29, 1.82) is 0 Å². The van der Waals surface area contributed by atoms with Crippen LogP contribution >= 0.6 is 0 Å². The Balaban J connectivity index is 1.86. The molecule has 0 atom stereocenters. The van der Waals surface area contributed by atoms with E-state index in [9.17, 15) is 0 Å². The summed E-state index contributed by atoms with van der Waals surface area (Å²) >= 11 is 0. The van der Waals surface area contributed by atoms with Crippen molar-refractivity contribution in [3.05, 3.63) is 35.4 Å². The number of hydrogen-bond acceptors (Lipinski definition) is 7. The van der Waals surface area contributed by atoms with Gasteiger partial charge in [-0.15, -0.1) is 0 Å². The van der Waals surface area contributed by atoms with E-state index in [4.69, 9.17) is 16.3 Å². The summed E-state index contributed by atoms with van der Waals surface area (Å²) in [5, 5.41) is 3.17. The zero-order chi connectivity index (χ0) is 13.2. The molecule has 0 spiro atoms. The molecular formula is C12H14N6O. The van der Waals surface area contributed by atoms with E-state index in [0.717, 1.165) is 5.69 Å². The molecule has 0 aliphatic carbocycles. The minimum Gasteiger partial charge on any atom is -0.372 e. The summed E-state index contributed by atoms with van der Waals surface area (Å²) < 4.78 is 5.38. The van der Waals surface area contributed by atoms with Crippen LogP contribution < -0.4 is 22.3 Å². The topological polar surface area (TPSA) is 111 Å². The number of nitrogen functional groups attached to an aromatic ring is 2. The lowest BCUT2D eigenvalue weighted by Crippen LogP contribution is -2.11. The third-order valence-electron chi connectivity index (χ3n) is 2.89. The molecular weight excluding hydrogens is 244 g/mol. The average Bonchev–Trinajstić information content (AvgIpc) is 2.85. The molecule has 1 aromatic carbocycles. The summed E-state index contributed by atoms with van der Waals surface area (Å²) in [6, 6.07) is 7.73. The van der Waals surface area contributed by atoms with E-state index in [1.165, 1.54) is 11.1 Å². The third kappa shape index (κ3) is 2.42. The number of aromatic nitrogens is 2. The molecule has 0 amide bonds. The van der Waals surface area contributed by atoms with Crippen LogP contribution in [0.15, 0.2) is 24.3 Å². The molecule has 0 unspecified atom stereocenters. The summed E-state index contributed by atoms with van der Waals surface area (Å²) in [6.07, 6.45) is 0. The molecule has 3 rings (SSSR count). The van der Waals surface area contributed by atoms with Gasteiger partial charge >= 0.3 is 0 Å². The van der Waals surface area contributed by atoms with E-state index in [0.29, 0.717) is 24.8 Å². The van der Waals surface area contributed by atoms with Gasteiger partial charge in [-0.05, 0) is 23.3 Å². The van der Waals surface area contributed by atoms with Gasteiger partial charge in [0, 0.05) is 11.8 Å². The minimum absolute atomic E-state index is 0.155. The third-order valence-corrected chi connectivity index (χ3v) is 2.89. The quantitative estimate of drug-likeness (QED) is 0.482. The second-order valence-corrected chi connectivity index (χ2v) is 4.24. The van der Waals surface area contributed by atoms with Crippen LogP contribution in [-0.2, 0) is 18.0 Å². The van der Waals surface area contributed by atoms with Gasteiger partial charge in [-0.3, -0.25) is 0 Å². The molecule has 2 heterocycles. The zero-order valence-electron chi connectivity index (χ0n) is 10.2. The molecule has 19 heavy (non-hydrogen) atoms. The predicted octanol–water partition coefficient (Wildman–Crippen LogP) is 1.12. The summed E-state index contributed by atoms with van der Waals surface area (Å²) in [4.78, 5) is 8.02. The summed E-state index contributed by atoms with van der Waals surface area (Å²) in [5.74, 6) is 6.51. The molecule has 0 radical (unpaired) electrons. The lowest BCUT2D eigenvalue weighted by atomic mass is 10.1. The van der Waals surface area contributed by atoms with Crippen molar-refractivity contribution < 1.29 is 4.74 Å². The highest BCUT2D eigenvalue weighted by Crippen LogP contribution is 2.25. The van der Waals surface area contributed by atoms with Crippen LogP contribution in [0.1, 0.15) is 11.1 Å². The summed E-state index contributed by atoms with van der Waals surface area (Å²) in [6.45, 7) is 1.32. The van der Waals surface area contributed by atoms with Crippen molar-refractivity contribution in [3.8, 4) is 0 Å². The maximum Gasteiger partial charge on any atom is 0.223 e. The molecule has 1 aromatic heterocycles. The van der Waals surface area contributed by atoms with E-state index in [1.807, 2.05) is 18.2 Å². The van der Waals surface area contributed by atoms with E-state index in [1.54, 1.807) is 6.07 Å². The van der Waals surface area contributed by atoms with Crippen molar-refractivity contribution in [2.45, 2.75) is 13.2 Å². The first kappa shape index (κ1) is 11.7. The second-order valence-electron chi connectivity index (χ2n) is 4.24. The van der Waals surface area contributed by atoms with E-state index in [-0.39, 0.29) is 5.95 Å². The number of nitrogens with two attached hydrogens (primary N) is 2. The van der Waals surface area contributed by atoms with Crippen LogP contribution in [0.2, 0.25) is 0 Å². The van der Waals surface area contributed by atoms with Crippen molar-refractivity contribution in [1.82, 2.24) is 9.97 Å². The molecule has 1 aliphatic heterocycles. The van der Waals surface area contributed by atoms with Gasteiger partial charge in [0.05, 0.1) is 13.2 Å². The molecule has 0 saturated heterocycles. The molecule has 7 nitrogen and oxygen atoms in total. The normalized spacial score (nSPS) is 13.1. The van der Waals surface area contributed by atoms with E-state index in [2.05, 4.69) is 20.7 Å². The molecule has 1 aliphatic rings. The Labute approximate surface area is 110 Å². The van der Waals surface area contributed by atoms with Gasteiger partial charge in [-0.1, -0.05) is 6.07 Å². The monoisotopic (exact) mass is 258 g/mol. The van der Waals surface area contributed by atoms with Crippen LogP contribution in [0.3, 0.4) is 0 Å². The first-order chi connectivity index (χ1) is 9.24. The maximum atomic E-state index is 5.60. The SMILES string of the molecule is NNc1cc(Nc2ccc3c(c2)COC3)nc(N)n1. The number of hydrazine groups is 1. The fourth-order valence-electron chi connectivity index (χ4n) is 2.00. The molecule has 6 N–H and O–H groups in total. The Morgan fingerprint density at radius 1 is 1.05 bits per heavy atom. The average molecular weight is 258 g/mol. The Bertz CT molecular complexity index is 615. The number of benzene rings is 1. The highest BCUT2D eigenvalue weighted by atomic mass is 16.5. The van der Waals surface area contributed by atoms with E-state index < -0.39 is 0 Å². The highest BCUT2D eigenvalue weighted by Gasteiger charge is 2.11. The number of ether oxygens (including phenoxy) is 1. The zero-order valence-corrected chi connectivity index (χ0v) is 10.2. The maximum absolute atomic E-state index is 5.60. The van der Waals surface area contributed by atoms with Gasteiger partial charge in [0.25, 0.3) is 0 Å². The van der Waals surface area contributed by atoms with Crippen LogP contribution in [0.25, 0.3) is 0 Å². The van der Waals surface area contributed by atoms with E-state index >= 15 is 0 Å². The Kier molecular flexibility index (Phi) is 2.90. The minimum atomic E-state index is 0.155. The van der Waals surface area contributed by atoms with Crippen LogP contribution in [0.4, 0.5) is 23.3 Å². The van der Waals surface area contributed by atoms with Crippen LogP contribution in [0.5, 0.6) is 0 Å². The molecule has 98 valence electrons. The van der Waals surface area contributed by atoms with Crippen LogP contribution in [-0.4, -0.2) is 9.97 Å². The lowest BCUT2D eigenvalue weighted by Gasteiger charge is -2.09. The largest absolute Gasteiger partial charge is 0.372 e. The lowest BCUT2D eigenvalue weighted by molar-refractivity contribution is 0.134. The standard InChI is InChI=1S/C12H14N6O/c13-12-16-10(4-11(17-12)18-14)15-9-2-1-7-5-19-6-8(7)3-9/h1-4H,5-6,14H2,(H4,13,15,16,17,18). The molecule has 0 saturated carbocycles. The highest BCUT2D eigenvalue weighted by molar-refractivity contribution is 5.62. The van der Waals surface area contributed by atoms with Crippen molar-refractivity contribution in [2.75, 3.05) is 16.5 Å². The second kappa shape index (κ2) is 4.71. The van der Waals surface area contributed by atoms with Crippen molar-refractivity contribution in [2.24, 2.45) is 5.84 Å². The Morgan fingerprint density at radius 2 is 1.84 bits per heavy atom. The van der Waals surface area contributed by atoms with Gasteiger partial charge in [-0.25, -0.2) is 5.84 Å². The predicted molar refractivity (Wildman–Crippen MR) is 72.5 cm³/mol. The first-order valence-corrected chi connectivity index (χ1v) is 5.82. The van der Waals surface area contributed by atoms with Crippen molar-refractivity contribution >= 4 is 23.3 Å². The fraction of sp³-hybridized carbons (Fsp3) is 0.167. The Morgan fingerprint density at radius 3 is 2.68 bits per heavy atom. The fourth-order valence-corrected chi connectivity index (χ4v) is 2.00. The van der Waals surface area contributed by atoms with Gasteiger partial charge in [0.2, 0.25) is 5.95 Å². The number of fused-ring (bicyclic) bond motifs is 1. The summed E-state index contributed by atoms with van der Waals surface area (Å²) in [7, 11) is 0. The molecule has 0 bridgehead atoms. The number of rotatable bonds is 3. The van der Waals surface area contributed by atoms with Crippen molar-refractivity contribution in [3.63, 3.8) is 0 Å². The number of anilines is 4. The van der Waals surface area contributed by atoms with Gasteiger partial charge in [0.1, 0.15) is 11.6 Å². The number of nitrogens with zero attached hydrogens (tertiary/aromatic N) is 2. The smallest absolute Gasteiger partial charge is 0.223 e. The van der Waals surface area contributed by atoms with Gasteiger partial charge in [0.15, 0.2) is 0 Å². The molecule has 7 heteroatoms. The summed E-state index contributed by atoms with van der Waals surface area (Å²) in [5.41, 5.74) is 11.4.